The number of rotatable bonds is 5. The number of likely N-dealkylation sites (tertiary alicyclic amines) is 1. The van der Waals surface area contributed by atoms with Gasteiger partial charge >= 0.3 is 0 Å². The average molecular weight is 482 g/mol. The zero-order chi connectivity index (χ0) is 22.9. The van der Waals surface area contributed by atoms with E-state index in [1.807, 2.05) is 30.3 Å². The minimum atomic E-state index is -0.437. The standard InChI is InChI=1S/C24H21Cl2N5O2/c25-18-6-5-17(20(26)11-18)13-27-23-12-21(29-22-7-9-28-31(22)23)15-1-3-16(4-2-15)24(33)30-10-8-19(32)14-30/h1-7,9,11-12,19,27,32H,8,10,13-14H2. The molecule has 0 spiro atoms. The lowest BCUT2D eigenvalue weighted by atomic mass is 10.1. The second kappa shape index (κ2) is 9.02. The van der Waals surface area contributed by atoms with Crippen molar-refractivity contribution in [2.24, 2.45) is 0 Å². The highest BCUT2D eigenvalue weighted by atomic mass is 35.5. The van der Waals surface area contributed by atoms with E-state index in [4.69, 9.17) is 28.2 Å². The number of nitrogens with zero attached hydrogens (tertiary/aromatic N) is 4. The molecule has 1 aliphatic rings. The van der Waals surface area contributed by atoms with Crippen LogP contribution in [0.25, 0.3) is 16.9 Å². The summed E-state index contributed by atoms with van der Waals surface area (Å²) in [5.41, 5.74) is 3.83. The van der Waals surface area contributed by atoms with Crippen LogP contribution < -0.4 is 5.32 Å². The Balaban J connectivity index is 1.40. The normalized spacial score (nSPS) is 15.8. The highest BCUT2D eigenvalue weighted by Crippen LogP contribution is 2.26. The van der Waals surface area contributed by atoms with Crippen molar-refractivity contribution in [3.8, 4) is 11.3 Å². The van der Waals surface area contributed by atoms with E-state index in [0.29, 0.717) is 47.3 Å². The molecule has 0 saturated carbocycles. The number of benzene rings is 2. The Bertz CT molecular complexity index is 1320. The Hall–Kier alpha value is -3.13. The van der Waals surface area contributed by atoms with Crippen molar-refractivity contribution in [1.82, 2.24) is 19.5 Å². The van der Waals surface area contributed by atoms with E-state index in [1.54, 1.807) is 39.9 Å². The predicted octanol–water partition coefficient (Wildman–Crippen LogP) is 4.52. The maximum Gasteiger partial charge on any atom is 0.253 e. The number of nitrogens with one attached hydrogen (secondary N) is 1. The Morgan fingerprint density at radius 2 is 1.94 bits per heavy atom. The van der Waals surface area contributed by atoms with Gasteiger partial charge in [0.1, 0.15) is 5.82 Å². The number of aromatic nitrogens is 3. The van der Waals surface area contributed by atoms with Crippen molar-refractivity contribution in [2.75, 3.05) is 18.4 Å². The van der Waals surface area contributed by atoms with Gasteiger partial charge in [-0.2, -0.15) is 9.61 Å². The second-order valence-corrected chi connectivity index (χ2v) is 8.83. The van der Waals surface area contributed by atoms with Gasteiger partial charge in [-0.1, -0.05) is 41.4 Å². The molecule has 2 aromatic carbocycles. The summed E-state index contributed by atoms with van der Waals surface area (Å²) in [6, 6.07) is 16.5. The summed E-state index contributed by atoms with van der Waals surface area (Å²) in [6.07, 6.45) is 1.88. The van der Waals surface area contributed by atoms with E-state index in [9.17, 15) is 9.90 Å². The maximum atomic E-state index is 12.7. The van der Waals surface area contributed by atoms with E-state index in [-0.39, 0.29) is 5.91 Å². The highest BCUT2D eigenvalue weighted by Gasteiger charge is 2.25. The molecule has 1 unspecified atom stereocenters. The van der Waals surface area contributed by atoms with Gasteiger partial charge in [-0.3, -0.25) is 4.79 Å². The number of anilines is 1. The van der Waals surface area contributed by atoms with Crippen LogP contribution in [0.3, 0.4) is 0 Å². The topological polar surface area (TPSA) is 82.8 Å². The smallest absolute Gasteiger partial charge is 0.253 e. The average Bonchev–Trinajstić information content (AvgIpc) is 3.47. The first kappa shape index (κ1) is 21.7. The number of amides is 1. The SMILES string of the molecule is O=C(c1ccc(-c2cc(NCc3ccc(Cl)cc3Cl)n3nccc3n2)cc1)N1CCC(O)C1. The molecule has 33 heavy (non-hydrogen) atoms. The van der Waals surface area contributed by atoms with E-state index in [2.05, 4.69) is 10.4 Å². The molecule has 0 bridgehead atoms. The van der Waals surface area contributed by atoms with Crippen molar-refractivity contribution in [3.63, 3.8) is 0 Å². The van der Waals surface area contributed by atoms with Gasteiger partial charge in [-0.15, -0.1) is 0 Å². The fourth-order valence-electron chi connectivity index (χ4n) is 3.93. The molecule has 4 aromatic rings. The van der Waals surface area contributed by atoms with Gasteiger partial charge in [-0.05, 0) is 36.2 Å². The van der Waals surface area contributed by atoms with E-state index < -0.39 is 6.10 Å². The third-order valence-electron chi connectivity index (χ3n) is 5.71. The van der Waals surface area contributed by atoms with Gasteiger partial charge in [0.2, 0.25) is 0 Å². The lowest BCUT2D eigenvalue weighted by molar-refractivity contribution is 0.0765. The highest BCUT2D eigenvalue weighted by molar-refractivity contribution is 6.35. The molecular formula is C24H21Cl2N5O2. The van der Waals surface area contributed by atoms with Gasteiger partial charge in [0.15, 0.2) is 5.65 Å². The molecule has 0 radical (unpaired) electrons. The molecule has 0 aliphatic carbocycles. The molecule has 2 aromatic heterocycles. The summed E-state index contributed by atoms with van der Waals surface area (Å²) < 4.78 is 1.73. The van der Waals surface area contributed by atoms with Crippen molar-refractivity contribution in [1.29, 1.82) is 0 Å². The van der Waals surface area contributed by atoms with Crippen LogP contribution >= 0.6 is 23.2 Å². The molecule has 1 aliphatic heterocycles. The summed E-state index contributed by atoms with van der Waals surface area (Å²) in [5.74, 6) is 0.691. The first-order valence-corrected chi connectivity index (χ1v) is 11.3. The summed E-state index contributed by atoms with van der Waals surface area (Å²) in [7, 11) is 0. The van der Waals surface area contributed by atoms with Gasteiger partial charge in [0.25, 0.3) is 5.91 Å². The molecular weight excluding hydrogens is 461 g/mol. The van der Waals surface area contributed by atoms with Crippen LogP contribution in [-0.4, -0.2) is 49.7 Å². The van der Waals surface area contributed by atoms with Crippen LogP contribution in [0.2, 0.25) is 10.0 Å². The number of hydrogen-bond donors (Lipinski definition) is 2. The summed E-state index contributed by atoms with van der Waals surface area (Å²) in [6.45, 7) is 1.45. The predicted molar refractivity (Wildman–Crippen MR) is 129 cm³/mol. The van der Waals surface area contributed by atoms with Gasteiger partial charge in [0.05, 0.1) is 18.0 Å². The van der Waals surface area contributed by atoms with Crippen LogP contribution in [0.4, 0.5) is 5.82 Å². The monoisotopic (exact) mass is 481 g/mol. The largest absolute Gasteiger partial charge is 0.391 e. The Morgan fingerprint density at radius 3 is 2.67 bits per heavy atom. The Labute approximate surface area is 200 Å². The fraction of sp³-hybridized carbons (Fsp3) is 0.208. The lowest BCUT2D eigenvalue weighted by Gasteiger charge is -2.16. The zero-order valence-corrected chi connectivity index (χ0v) is 19.1. The van der Waals surface area contributed by atoms with Gasteiger partial charge in [0, 0.05) is 52.9 Å². The van der Waals surface area contributed by atoms with Crippen LogP contribution in [-0.2, 0) is 6.54 Å². The van der Waals surface area contributed by atoms with E-state index in [0.717, 1.165) is 22.6 Å². The van der Waals surface area contributed by atoms with Crippen molar-refractivity contribution >= 4 is 40.6 Å². The molecule has 5 rings (SSSR count). The summed E-state index contributed by atoms with van der Waals surface area (Å²) in [5, 5.41) is 18.6. The number of carbonyl (C=O) groups excluding carboxylic acids is 1. The molecule has 168 valence electrons. The van der Waals surface area contributed by atoms with Gasteiger partial charge < -0.3 is 15.3 Å². The third kappa shape index (κ3) is 4.53. The van der Waals surface area contributed by atoms with Crippen molar-refractivity contribution in [3.05, 3.63) is 82.0 Å². The third-order valence-corrected chi connectivity index (χ3v) is 6.30. The summed E-state index contributed by atoms with van der Waals surface area (Å²) in [4.78, 5) is 19.0. The Kier molecular flexibility index (Phi) is 5.93. The van der Waals surface area contributed by atoms with Crippen molar-refractivity contribution in [2.45, 2.75) is 19.1 Å². The maximum absolute atomic E-state index is 12.7. The first-order chi connectivity index (χ1) is 16.0. The van der Waals surface area contributed by atoms with Crippen molar-refractivity contribution < 1.29 is 9.90 Å². The van der Waals surface area contributed by atoms with Crippen LogP contribution in [0.5, 0.6) is 0 Å². The minimum absolute atomic E-state index is 0.0699. The molecule has 2 N–H and O–H groups in total. The first-order valence-electron chi connectivity index (χ1n) is 10.6. The number of fused-ring (bicyclic) bond motifs is 1. The molecule has 1 atom stereocenters. The van der Waals surface area contributed by atoms with E-state index >= 15 is 0 Å². The lowest BCUT2D eigenvalue weighted by Crippen LogP contribution is -2.29. The molecule has 9 heteroatoms. The molecule has 7 nitrogen and oxygen atoms in total. The zero-order valence-electron chi connectivity index (χ0n) is 17.6. The number of halogens is 2. The fourth-order valence-corrected chi connectivity index (χ4v) is 4.41. The minimum Gasteiger partial charge on any atom is -0.391 e. The number of aliphatic hydroxyl groups excluding tert-OH is 1. The number of β-amino-alcohol motifs (C(OH)–C–C–N with tert-alkyl or cyclic N) is 1. The molecule has 1 amide bonds. The van der Waals surface area contributed by atoms with Crippen LogP contribution in [0.1, 0.15) is 22.3 Å². The molecule has 1 saturated heterocycles. The molecule has 3 heterocycles. The van der Waals surface area contributed by atoms with Crippen LogP contribution in [0, 0.1) is 0 Å². The van der Waals surface area contributed by atoms with E-state index in [1.165, 1.54) is 0 Å². The quantitative estimate of drug-likeness (QED) is 0.437. The second-order valence-electron chi connectivity index (χ2n) is 7.99. The number of hydrogen-bond acceptors (Lipinski definition) is 5. The van der Waals surface area contributed by atoms with Crippen LogP contribution in [0.15, 0.2) is 60.8 Å². The molecule has 1 fully saturated rings. The summed E-state index contributed by atoms with van der Waals surface area (Å²) >= 11 is 12.3. The Morgan fingerprint density at radius 1 is 1.12 bits per heavy atom. The number of aliphatic hydroxyl groups is 1. The number of carbonyl (C=O) groups is 1. The van der Waals surface area contributed by atoms with Gasteiger partial charge in [-0.25, -0.2) is 4.98 Å².